The van der Waals surface area contributed by atoms with Gasteiger partial charge < -0.3 is 14.4 Å². The highest BCUT2D eigenvalue weighted by molar-refractivity contribution is 5.92. The van der Waals surface area contributed by atoms with Gasteiger partial charge in [0.2, 0.25) is 5.91 Å². The SMILES string of the molecule is CO[C@@H]1CN(C(=O)C=Cc2ccncc2)C[C@]12C[C@@H](c1ccccc1)CO2. The maximum atomic E-state index is 12.7. The smallest absolute Gasteiger partial charge is 0.246 e. The Morgan fingerprint density at radius 1 is 1.26 bits per heavy atom. The molecule has 2 aromatic rings. The minimum atomic E-state index is -0.421. The number of rotatable bonds is 4. The molecule has 0 radical (unpaired) electrons. The number of aromatic nitrogens is 1. The number of methoxy groups -OCH3 is 1. The van der Waals surface area contributed by atoms with E-state index in [9.17, 15) is 4.79 Å². The van der Waals surface area contributed by atoms with E-state index < -0.39 is 5.60 Å². The highest BCUT2D eigenvalue weighted by atomic mass is 16.6. The summed E-state index contributed by atoms with van der Waals surface area (Å²) in [4.78, 5) is 18.5. The largest absolute Gasteiger partial charge is 0.377 e. The quantitative estimate of drug-likeness (QED) is 0.783. The summed E-state index contributed by atoms with van der Waals surface area (Å²) in [7, 11) is 1.70. The third-order valence-electron chi connectivity index (χ3n) is 5.59. The molecule has 3 heterocycles. The fourth-order valence-corrected chi connectivity index (χ4v) is 4.14. The topological polar surface area (TPSA) is 51.7 Å². The van der Waals surface area contributed by atoms with E-state index in [0.717, 1.165) is 12.0 Å². The van der Waals surface area contributed by atoms with Crippen LogP contribution in [0.4, 0.5) is 0 Å². The van der Waals surface area contributed by atoms with Gasteiger partial charge in [0.1, 0.15) is 11.7 Å². The molecule has 0 aliphatic carbocycles. The number of pyridine rings is 1. The number of likely N-dealkylation sites (tertiary alicyclic amines) is 1. The van der Waals surface area contributed by atoms with Gasteiger partial charge in [-0.05, 0) is 35.8 Å². The van der Waals surface area contributed by atoms with Gasteiger partial charge in [0, 0.05) is 31.5 Å². The lowest BCUT2D eigenvalue weighted by molar-refractivity contribution is -0.126. The number of carbonyl (C=O) groups is 1. The maximum absolute atomic E-state index is 12.7. The molecule has 0 N–H and O–H groups in total. The molecule has 1 aromatic heterocycles. The maximum Gasteiger partial charge on any atom is 0.246 e. The van der Waals surface area contributed by atoms with Gasteiger partial charge in [0.05, 0.1) is 19.7 Å². The zero-order valence-corrected chi connectivity index (χ0v) is 15.5. The first kappa shape index (κ1) is 17.9. The first-order valence-corrected chi connectivity index (χ1v) is 9.29. The fraction of sp³-hybridized carbons (Fsp3) is 0.364. The van der Waals surface area contributed by atoms with Crippen molar-refractivity contribution < 1.29 is 14.3 Å². The van der Waals surface area contributed by atoms with Crippen molar-refractivity contribution in [3.8, 4) is 0 Å². The normalized spacial score (nSPS) is 27.7. The van der Waals surface area contributed by atoms with E-state index >= 15 is 0 Å². The number of ether oxygens (including phenoxy) is 2. The van der Waals surface area contributed by atoms with Crippen molar-refractivity contribution >= 4 is 12.0 Å². The molecule has 2 aliphatic heterocycles. The molecular formula is C22H24N2O3. The molecule has 5 nitrogen and oxygen atoms in total. The second kappa shape index (κ2) is 7.62. The van der Waals surface area contributed by atoms with E-state index in [4.69, 9.17) is 9.47 Å². The van der Waals surface area contributed by atoms with Crippen LogP contribution in [-0.2, 0) is 14.3 Å². The lowest BCUT2D eigenvalue weighted by atomic mass is 9.87. The van der Waals surface area contributed by atoms with E-state index in [1.807, 2.05) is 29.2 Å². The summed E-state index contributed by atoms with van der Waals surface area (Å²) in [5, 5.41) is 0. The molecule has 2 saturated heterocycles. The van der Waals surface area contributed by atoms with Crippen LogP contribution in [0, 0.1) is 0 Å². The van der Waals surface area contributed by atoms with Crippen LogP contribution in [0.25, 0.3) is 6.08 Å². The molecule has 3 atom stereocenters. The lowest BCUT2D eigenvalue weighted by Gasteiger charge is -2.28. The van der Waals surface area contributed by atoms with Gasteiger partial charge in [-0.1, -0.05) is 30.3 Å². The summed E-state index contributed by atoms with van der Waals surface area (Å²) in [6.07, 6.45) is 7.62. The van der Waals surface area contributed by atoms with Crippen LogP contribution in [0.5, 0.6) is 0 Å². The van der Waals surface area contributed by atoms with E-state index in [1.165, 1.54) is 5.56 Å². The van der Waals surface area contributed by atoms with Crippen LogP contribution < -0.4 is 0 Å². The third kappa shape index (κ3) is 3.66. The summed E-state index contributed by atoms with van der Waals surface area (Å²) in [5.74, 6) is 0.323. The van der Waals surface area contributed by atoms with Gasteiger partial charge in [0.25, 0.3) is 0 Å². The van der Waals surface area contributed by atoms with Crippen molar-refractivity contribution in [1.29, 1.82) is 0 Å². The van der Waals surface area contributed by atoms with Gasteiger partial charge in [-0.25, -0.2) is 0 Å². The van der Waals surface area contributed by atoms with Gasteiger partial charge in [0.15, 0.2) is 0 Å². The Labute approximate surface area is 159 Å². The first-order chi connectivity index (χ1) is 13.2. The molecule has 2 fully saturated rings. The van der Waals surface area contributed by atoms with Crippen LogP contribution >= 0.6 is 0 Å². The van der Waals surface area contributed by atoms with Crippen molar-refractivity contribution in [2.75, 3.05) is 26.8 Å². The van der Waals surface area contributed by atoms with Gasteiger partial charge in [-0.15, -0.1) is 0 Å². The highest BCUT2D eigenvalue weighted by Crippen LogP contribution is 2.43. The van der Waals surface area contributed by atoms with E-state index in [2.05, 4.69) is 29.2 Å². The first-order valence-electron chi connectivity index (χ1n) is 9.29. The van der Waals surface area contributed by atoms with Crippen LogP contribution in [0.15, 0.2) is 60.9 Å². The molecule has 1 amide bonds. The number of nitrogens with zero attached hydrogens (tertiary/aromatic N) is 2. The third-order valence-corrected chi connectivity index (χ3v) is 5.59. The minimum Gasteiger partial charge on any atom is -0.377 e. The van der Waals surface area contributed by atoms with Gasteiger partial charge in [-0.3, -0.25) is 9.78 Å². The van der Waals surface area contributed by atoms with E-state index in [1.54, 1.807) is 25.6 Å². The van der Waals surface area contributed by atoms with E-state index in [0.29, 0.717) is 25.6 Å². The molecule has 0 unspecified atom stereocenters. The minimum absolute atomic E-state index is 0.0162. The van der Waals surface area contributed by atoms with Crippen LogP contribution in [-0.4, -0.2) is 54.3 Å². The molecule has 1 aromatic carbocycles. The molecule has 0 bridgehead atoms. The van der Waals surface area contributed by atoms with Crippen LogP contribution in [0.3, 0.4) is 0 Å². The van der Waals surface area contributed by atoms with Crippen molar-refractivity contribution in [2.45, 2.75) is 24.0 Å². The standard InChI is InChI=1S/C22H24N2O3/c1-26-20-14-24(21(25)8-7-17-9-11-23-12-10-17)16-22(20)13-19(15-27-22)18-5-3-2-4-6-18/h2-12,19-20H,13-16H2,1H3/t19-,20-,22-/m1/s1. The van der Waals surface area contributed by atoms with Crippen molar-refractivity contribution in [2.24, 2.45) is 0 Å². The average molecular weight is 364 g/mol. The molecule has 2 aliphatic rings. The van der Waals surface area contributed by atoms with Crippen molar-refractivity contribution in [3.63, 3.8) is 0 Å². The summed E-state index contributed by atoms with van der Waals surface area (Å²) in [6.45, 7) is 1.78. The average Bonchev–Trinajstić information content (AvgIpc) is 3.32. The van der Waals surface area contributed by atoms with Crippen LogP contribution in [0.1, 0.15) is 23.5 Å². The van der Waals surface area contributed by atoms with Gasteiger partial charge >= 0.3 is 0 Å². The molecule has 27 heavy (non-hydrogen) atoms. The van der Waals surface area contributed by atoms with E-state index in [-0.39, 0.29) is 12.0 Å². The Morgan fingerprint density at radius 3 is 2.78 bits per heavy atom. The Kier molecular flexibility index (Phi) is 5.05. The Hall–Kier alpha value is -2.50. The molecule has 140 valence electrons. The number of carbonyl (C=O) groups excluding carboxylic acids is 1. The highest BCUT2D eigenvalue weighted by Gasteiger charge is 2.53. The summed E-state index contributed by atoms with van der Waals surface area (Å²) in [5.41, 5.74) is 1.82. The number of benzene rings is 1. The number of hydrogen-bond donors (Lipinski definition) is 0. The Morgan fingerprint density at radius 2 is 2.04 bits per heavy atom. The zero-order valence-electron chi connectivity index (χ0n) is 15.5. The zero-order chi connectivity index (χ0) is 18.7. The Balaban J connectivity index is 1.46. The Bertz CT molecular complexity index is 809. The monoisotopic (exact) mass is 364 g/mol. The lowest BCUT2D eigenvalue weighted by Crippen LogP contribution is -2.42. The molecule has 5 heteroatoms. The number of amides is 1. The summed E-state index contributed by atoms with van der Waals surface area (Å²) < 4.78 is 12.0. The summed E-state index contributed by atoms with van der Waals surface area (Å²) >= 11 is 0. The second-order valence-corrected chi connectivity index (χ2v) is 7.24. The molecule has 0 saturated carbocycles. The number of hydrogen-bond acceptors (Lipinski definition) is 4. The predicted octanol–water partition coefficient (Wildman–Crippen LogP) is 2.89. The summed E-state index contributed by atoms with van der Waals surface area (Å²) in [6, 6.07) is 14.2. The van der Waals surface area contributed by atoms with Gasteiger partial charge in [-0.2, -0.15) is 0 Å². The van der Waals surface area contributed by atoms with Crippen molar-refractivity contribution in [1.82, 2.24) is 9.88 Å². The second-order valence-electron chi connectivity index (χ2n) is 7.24. The van der Waals surface area contributed by atoms with Crippen molar-refractivity contribution in [3.05, 3.63) is 72.1 Å². The molecule has 1 spiro atoms. The predicted molar refractivity (Wildman–Crippen MR) is 103 cm³/mol. The molecule has 4 rings (SSSR count). The van der Waals surface area contributed by atoms with Crippen LogP contribution in [0.2, 0.25) is 0 Å². The fourth-order valence-electron chi connectivity index (χ4n) is 4.14. The molecular weight excluding hydrogens is 340 g/mol.